The monoisotopic (exact) mass is 411 g/mol. The number of amides is 1. The summed E-state index contributed by atoms with van der Waals surface area (Å²) in [5.74, 6) is 2.06. The summed E-state index contributed by atoms with van der Waals surface area (Å²) in [6.07, 6.45) is 7.05. The molecule has 2 atom stereocenters. The van der Waals surface area contributed by atoms with Gasteiger partial charge in [0.2, 0.25) is 11.9 Å². The highest BCUT2D eigenvalue weighted by Gasteiger charge is 2.56. The minimum absolute atomic E-state index is 0.245. The van der Waals surface area contributed by atoms with Crippen LogP contribution in [0.3, 0.4) is 0 Å². The summed E-state index contributed by atoms with van der Waals surface area (Å²) in [4.78, 5) is 35.2. The normalized spacial score (nSPS) is 25.4. The van der Waals surface area contributed by atoms with E-state index in [1.807, 2.05) is 0 Å². The standard InChI is InChI=1S/C22H26FN5O2/c1-27-20(29)8-19(14-6-7-24-10-18(14)23)26-22(27)25-9-15-16-11-28(12-17(15)16)21(30)13-4-2-3-5-13/h6-8,10,13,15-17H,2-5,9,11-12H2,1H3,(H,25,26). The minimum Gasteiger partial charge on any atom is -0.355 e. The van der Waals surface area contributed by atoms with Crippen LogP contribution in [0.5, 0.6) is 0 Å². The second kappa shape index (κ2) is 7.49. The molecular weight excluding hydrogens is 385 g/mol. The van der Waals surface area contributed by atoms with E-state index < -0.39 is 5.82 Å². The van der Waals surface area contributed by atoms with Gasteiger partial charge >= 0.3 is 0 Å². The van der Waals surface area contributed by atoms with Crippen LogP contribution in [-0.4, -0.2) is 45.0 Å². The van der Waals surface area contributed by atoms with Crippen molar-refractivity contribution in [2.75, 3.05) is 25.0 Å². The van der Waals surface area contributed by atoms with Gasteiger partial charge in [0.15, 0.2) is 5.82 Å². The highest BCUT2D eigenvalue weighted by molar-refractivity contribution is 5.79. The minimum atomic E-state index is -0.507. The molecule has 2 aromatic rings. The average molecular weight is 411 g/mol. The third-order valence-electron chi connectivity index (χ3n) is 7.07. The van der Waals surface area contributed by atoms with E-state index >= 15 is 0 Å². The molecule has 30 heavy (non-hydrogen) atoms. The number of hydrogen-bond donors (Lipinski definition) is 1. The van der Waals surface area contributed by atoms with Crippen molar-refractivity contribution in [1.29, 1.82) is 0 Å². The van der Waals surface area contributed by atoms with Gasteiger partial charge in [0.1, 0.15) is 0 Å². The van der Waals surface area contributed by atoms with Gasteiger partial charge in [-0.3, -0.25) is 19.1 Å². The van der Waals surface area contributed by atoms with E-state index in [-0.39, 0.29) is 17.0 Å². The van der Waals surface area contributed by atoms with Gasteiger partial charge in [-0.1, -0.05) is 12.8 Å². The molecule has 8 heteroatoms. The summed E-state index contributed by atoms with van der Waals surface area (Å²) in [5, 5.41) is 3.28. The molecule has 0 bridgehead atoms. The van der Waals surface area contributed by atoms with Crippen LogP contribution < -0.4 is 10.9 Å². The van der Waals surface area contributed by atoms with E-state index in [2.05, 4.69) is 20.2 Å². The Morgan fingerprint density at radius 2 is 2.00 bits per heavy atom. The molecule has 0 radical (unpaired) electrons. The molecule has 0 spiro atoms. The predicted octanol–water partition coefficient (Wildman–Crippen LogP) is 2.29. The van der Waals surface area contributed by atoms with Crippen LogP contribution in [0.25, 0.3) is 11.3 Å². The molecule has 7 nitrogen and oxygen atoms in total. The maximum absolute atomic E-state index is 14.1. The molecule has 3 heterocycles. The Kier molecular flexibility index (Phi) is 4.79. The van der Waals surface area contributed by atoms with Gasteiger partial charge in [-0.25, -0.2) is 9.37 Å². The van der Waals surface area contributed by atoms with Gasteiger partial charge in [-0.05, 0) is 36.7 Å². The second-order valence-corrected chi connectivity index (χ2v) is 8.81. The number of rotatable bonds is 5. The van der Waals surface area contributed by atoms with Gasteiger partial charge < -0.3 is 10.2 Å². The predicted molar refractivity (Wildman–Crippen MR) is 110 cm³/mol. The fourth-order valence-electron chi connectivity index (χ4n) is 5.19. The van der Waals surface area contributed by atoms with Crippen LogP contribution in [0.4, 0.5) is 10.3 Å². The van der Waals surface area contributed by atoms with Crippen molar-refractivity contribution in [2.45, 2.75) is 25.7 Å². The number of nitrogens with zero attached hydrogens (tertiary/aromatic N) is 4. The molecule has 1 saturated heterocycles. The number of nitrogens with one attached hydrogen (secondary N) is 1. The fraction of sp³-hybridized carbons (Fsp3) is 0.545. The number of carbonyl (C=O) groups is 1. The quantitative estimate of drug-likeness (QED) is 0.817. The maximum atomic E-state index is 14.1. The van der Waals surface area contributed by atoms with Crippen molar-refractivity contribution < 1.29 is 9.18 Å². The van der Waals surface area contributed by atoms with Crippen molar-refractivity contribution in [2.24, 2.45) is 30.7 Å². The summed E-state index contributed by atoms with van der Waals surface area (Å²) in [7, 11) is 1.65. The van der Waals surface area contributed by atoms with Crippen LogP contribution >= 0.6 is 0 Å². The number of fused-ring (bicyclic) bond motifs is 1. The van der Waals surface area contributed by atoms with Crippen molar-refractivity contribution in [3.05, 3.63) is 40.7 Å². The average Bonchev–Trinajstić information content (AvgIpc) is 3.15. The van der Waals surface area contributed by atoms with Gasteiger partial charge in [0, 0.05) is 50.4 Å². The van der Waals surface area contributed by atoms with Gasteiger partial charge in [0.05, 0.1) is 11.9 Å². The molecule has 5 rings (SSSR count). The maximum Gasteiger partial charge on any atom is 0.255 e. The van der Waals surface area contributed by atoms with Crippen molar-refractivity contribution in [3.63, 3.8) is 0 Å². The van der Waals surface area contributed by atoms with E-state index in [0.29, 0.717) is 41.8 Å². The molecule has 2 aliphatic carbocycles. The first-order valence-electron chi connectivity index (χ1n) is 10.7. The first kappa shape index (κ1) is 19.2. The largest absolute Gasteiger partial charge is 0.355 e. The third kappa shape index (κ3) is 3.38. The third-order valence-corrected chi connectivity index (χ3v) is 7.07. The SMILES string of the molecule is Cn1c(NCC2C3CN(C(=O)C4CCCC4)CC23)nc(-c2ccncc2F)cc1=O. The van der Waals surface area contributed by atoms with Gasteiger partial charge in [0.25, 0.3) is 5.56 Å². The van der Waals surface area contributed by atoms with E-state index in [1.165, 1.54) is 35.7 Å². The first-order valence-corrected chi connectivity index (χ1v) is 10.7. The van der Waals surface area contributed by atoms with Crippen LogP contribution in [0.1, 0.15) is 25.7 Å². The molecule has 0 aromatic carbocycles. The molecule has 2 unspecified atom stereocenters. The number of likely N-dealkylation sites (tertiary alicyclic amines) is 1. The lowest BCUT2D eigenvalue weighted by atomic mass is 10.1. The van der Waals surface area contributed by atoms with Crippen molar-refractivity contribution >= 4 is 11.9 Å². The molecule has 2 saturated carbocycles. The zero-order valence-electron chi connectivity index (χ0n) is 17.1. The zero-order valence-corrected chi connectivity index (χ0v) is 17.1. The Balaban J connectivity index is 1.23. The summed E-state index contributed by atoms with van der Waals surface area (Å²) >= 11 is 0. The van der Waals surface area contributed by atoms with E-state index in [4.69, 9.17) is 0 Å². The summed E-state index contributed by atoms with van der Waals surface area (Å²) in [6, 6.07) is 2.85. The van der Waals surface area contributed by atoms with Crippen LogP contribution in [0.15, 0.2) is 29.3 Å². The molecule has 1 amide bonds. The molecule has 3 fully saturated rings. The van der Waals surface area contributed by atoms with Crippen LogP contribution in [-0.2, 0) is 11.8 Å². The lowest BCUT2D eigenvalue weighted by molar-refractivity contribution is -0.134. The first-order chi connectivity index (χ1) is 14.5. The number of piperidine rings is 1. The van der Waals surface area contributed by atoms with Gasteiger partial charge in [-0.15, -0.1) is 0 Å². The Morgan fingerprint density at radius 1 is 1.27 bits per heavy atom. The number of pyridine rings is 1. The van der Waals surface area contributed by atoms with E-state index in [9.17, 15) is 14.0 Å². The second-order valence-electron chi connectivity index (χ2n) is 8.81. The van der Waals surface area contributed by atoms with Crippen LogP contribution in [0.2, 0.25) is 0 Å². The molecule has 1 aliphatic heterocycles. The van der Waals surface area contributed by atoms with E-state index in [1.54, 1.807) is 7.05 Å². The fourth-order valence-corrected chi connectivity index (χ4v) is 5.19. The molecule has 3 aliphatic rings. The Morgan fingerprint density at radius 3 is 2.70 bits per heavy atom. The van der Waals surface area contributed by atoms with Crippen molar-refractivity contribution in [1.82, 2.24) is 19.4 Å². The Bertz CT molecular complexity index is 1020. The molecule has 158 valence electrons. The lowest BCUT2D eigenvalue weighted by Crippen LogP contribution is -2.36. The number of carbonyl (C=O) groups excluding carboxylic acids is 1. The van der Waals surface area contributed by atoms with Crippen molar-refractivity contribution in [3.8, 4) is 11.3 Å². The highest BCUT2D eigenvalue weighted by Crippen LogP contribution is 2.52. The summed E-state index contributed by atoms with van der Waals surface area (Å²) < 4.78 is 15.5. The molecular formula is C22H26FN5O2. The smallest absolute Gasteiger partial charge is 0.255 e. The number of hydrogen-bond acceptors (Lipinski definition) is 5. The number of anilines is 1. The molecule has 1 N–H and O–H groups in total. The zero-order chi connectivity index (χ0) is 20.8. The van der Waals surface area contributed by atoms with Gasteiger partial charge in [-0.2, -0.15) is 0 Å². The van der Waals surface area contributed by atoms with Crippen LogP contribution in [0, 0.1) is 29.5 Å². The number of aromatic nitrogens is 3. The molecule has 2 aromatic heterocycles. The highest BCUT2D eigenvalue weighted by atomic mass is 19.1. The Labute approximate surface area is 174 Å². The summed E-state index contributed by atoms with van der Waals surface area (Å²) in [6.45, 7) is 2.39. The summed E-state index contributed by atoms with van der Waals surface area (Å²) in [5.41, 5.74) is 0.308. The lowest BCUT2D eigenvalue weighted by Gasteiger charge is -2.23. The number of halogens is 1. The van der Waals surface area contributed by atoms with E-state index in [0.717, 1.165) is 32.1 Å². The topological polar surface area (TPSA) is 80.1 Å². The Hall–Kier alpha value is -2.77.